The van der Waals surface area contributed by atoms with Gasteiger partial charge in [-0.05, 0) is 18.9 Å². The van der Waals surface area contributed by atoms with E-state index in [9.17, 15) is 5.11 Å². The molecule has 1 aromatic rings. The first kappa shape index (κ1) is 11.0. The van der Waals surface area contributed by atoms with Crippen LogP contribution in [-0.4, -0.2) is 23.9 Å². The molecule has 3 heteroatoms. The van der Waals surface area contributed by atoms with Crippen molar-refractivity contribution in [3.8, 4) is 5.75 Å². The molecule has 0 heterocycles. The number of methoxy groups -OCH3 is 1. The molecule has 14 heavy (non-hydrogen) atoms. The largest absolute Gasteiger partial charge is 0.496 e. The van der Waals surface area contributed by atoms with E-state index < -0.39 is 6.10 Å². The molecule has 1 aromatic carbocycles. The van der Waals surface area contributed by atoms with Crippen molar-refractivity contribution in [2.75, 3.05) is 13.7 Å². The number of hydrogen-bond donors (Lipinski definition) is 2. The molecule has 0 aliphatic carbocycles. The summed E-state index contributed by atoms with van der Waals surface area (Å²) in [6.07, 6.45) is 0.592. The zero-order valence-electron chi connectivity index (χ0n) is 8.31. The summed E-state index contributed by atoms with van der Waals surface area (Å²) in [6, 6.07) is 7.37. The fourth-order valence-corrected chi connectivity index (χ4v) is 1.38. The molecule has 1 unspecified atom stereocenters. The molecule has 0 aliphatic heterocycles. The van der Waals surface area contributed by atoms with Crippen molar-refractivity contribution in [3.63, 3.8) is 0 Å². The van der Waals surface area contributed by atoms with Gasteiger partial charge in [0.25, 0.3) is 0 Å². The van der Waals surface area contributed by atoms with Gasteiger partial charge in [-0.1, -0.05) is 18.2 Å². The first-order valence-corrected chi connectivity index (χ1v) is 4.71. The van der Waals surface area contributed by atoms with Gasteiger partial charge in [0, 0.05) is 12.2 Å². The highest BCUT2D eigenvalue weighted by molar-refractivity contribution is 5.34. The minimum atomic E-state index is -0.557. The van der Waals surface area contributed by atoms with Crippen LogP contribution in [0, 0.1) is 0 Å². The Morgan fingerprint density at radius 2 is 2.07 bits per heavy atom. The van der Waals surface area contributed by atoms with E-state index >= 15 is 0 Å². The van der Waals surface area contributed by atoms with Crippen LogP contribution in [0.3, 0.4) is 0 Å². The van der Waals surface area contributed by atoms with Crippen molar-refractivity contribution < 1.29 is 14.9 Å². The van der Waals surface area contributed by atoms with Gasteiger partial charge in [-0.25, -0.2) is 0 Å². The quantitative estimate of drug-likeness (QED) is 0.750. The number of aliphatic hydroxyl groups excluding tert-OH is 2. The molecule has 0 bridgehead atoms. The monoisotopic (exact) mass is 196 g/mol. The maximum Gasteiger partial charge on any atom is 0.124 e. The lowest BCUT2D eigenvalue weighted by molar-refractivity contribution is 0.148. The molecule has 1 rings (SSSR count). The second-order valence-corrected chi connectivity index (χ2v) is 3.12. The maximum absolute atomic E-state index is 9.77. The summed E-state index contributed by atoms with van der Waals surface area (Å²) >= 11 is 0. The van der Waals surface area contributed by atoms with Crippen LogP contribution in [0.4, 0.5) is 0 Å². The van der Waals surface area contributed by atoms with Crippen LogP contribution < -0.4 is 4.74 Å². The highest BCUT2D eigenvalue weighted by Gasteiger charge is 2.11. The van der Waals surface area contributed by atoms with Gasteiger partial charge in [0.05, 0.1) is 13.2 Å². The first-order chi connectivity index (χ1) is 6.79. The predicted octanol–water partition coefficient (Wildman–Crippen LogP) is 1.50. The average molecular weight is 196 g/mol. The highest BCUT2D eigenvalue weighted by atomic mass is 16.5. The van der Waals surface area contributed by atoms with Gasteiger partial charge in [-0.2, -0.15) is 0 Å². The molecule has 0 aliphatic rings. The highest BCUT2D eigenvalue weighted by Crippen LogP contribution is 2.27. The van der Waals surface area contributed by atoms with Gasteiger partial charge in [-0.3, -0.25) is 0 Å². The normalized spacial score (nSPS) is 12.5. The second kappa shape index (κ2) is 5.62. The third-order valence-electron chi connectivity index (χ3n) is 2.13. The summed E-state index contributed by atoms with van der Waals surface area (Å²) in [5, 5.41) is 18.4. The van der Waals surface area contributed by atoms with E-state index in [4.69, 9.17) is 9.84 Å². The van der Waals surface area contributed by atoms with Crippen molar-refractivity contribution >= 4 is 0 Å². The number of para-hydroxylation sites is 1. The summed E-state index contributed by atoms with van der Waals surface area (Å²) in [6.45, 7) is 0.103. The number of aliphatic hydroxyl groups is 2. The molecule has 0 spiro atoms. The molecule has 0 aromatic heterocycles. The molecular formula is C11H16O3. The zero-order chi connectivity index (χ0) is 10.4. The average Bonchev–Trinajstić information content (AvgIpc) is 2.25. The summed E-state index contributed by atoms with van der Waals surface area (Å²) in [7, 11) is 1.58. The fourth-order valence-electron chi connectivity index (χ4n) is 1.38. The zero-order valence-corrected chi connectivity index (χ0v) is 8.31. The van der Waals surface area contributed by atoms with Gasteiger partial charge in [0.2, 0.25) is 0 Å². The van der Waals surface area contributed by atoms with Gasteiger partial charge >= 0.3 is 0 Å². The molecular weight excluding hydrogens is 180 g/mol. The molecule has 0 amide bonds. The van der Waals surface area contributed by atoms with Crippen LogP contribution in [0.25, 0.3) is 0 Å². The predicted molar refractivity (Wildman–Crippen MR) is 54.3 cm³/mol. The minimum absolute atomic E-state index is 0.103. The van der Waals surface area contributed by atoms with E-state index in [2.05, 4.69) is 0 Å². The lowest BCUT2D eigenvalue weighted by Gasteiger charge is -2.13. The number of rotatable bonds is 5. The van der Waals surface area contributed by atoms with Crippen LogP contribution in [-0.2, 0) is 0 Å². The van der Waals surface area contributed by atoms with E-state index in [1.165, 1.54) is 0 Å². The van der Waals surface area contributed by atoms with Crippen LogP contribution in [0.15, 0.2) is 24.3 Å². The molecule has 0 fully saturated rings. The molecule has 78 valence electrons. The molecule has 1 atom stereocenters. The summed E-state index contributed by atoms with van der Waals surface area (Å²) in [4.78, 5) is 0. The Bertz CT molecular complexity index is 273. The Morgan fingerprint density at radius 1 is 1.36 bits per heavy atom. The Kier molecular flexibility index (Phi) is 4.43. The Morgan fingerprint density at radius 3 is 2.71 bits per heavy atom. The van der Waals surface area contributed by atoms with E-state index in [0.29, 0.717) is 18.6 Å². The SMILES string of the molecule is COc1ccccc1C(O)CCCO. The molecule has 0 saturated heterocycles. The lowest BCUT2D eigenvalue weighted by Crippen LogP contribution is -2.01. The number of benzene rings is 1. The second-order valence-electron chi connectivity index (χ2n) is 3.12. The van der Waals surface area contributed by atoms with Gasteiger partial charge in [0.15, 0.2) is 0 Å². The number of ether oxygens (including phenoxy) is 1. The third-order valence-corrected chi connectivity index (χ3v) is 2.13. The van der Waals surface area contributed by atoms with Crippen LogP contribution >= 0.6 is 0 Å². The van der Waals surface area contributed by atoms with E-state index in [1.807, 2.05) is 24.3 Å². The minimum Gasteiger partial charge on any atom is -0.496 e. The van der Waals surface area contributed by atoms with Crippen LogP contribution in [0.1, 0.15) is 24.5 Å². The standard InChI is InChI=1S/C11H16O3/c1-14-11-7-3-2-5-9(11)10(13)6-4-8-12/h2-3,5,7,10,12-13H,4,6,8H2,1H3. The maximum atomic E-state index is 9.77. The Labute approximate surface area is 84.0 Å². The van der Waals surface area contributed by atoms with Crippen molar-refractivity contribution in [2.24, 2.45) is 0 Å². The number of hydrogen-bond acceptors (Lipinski definition) is 3. The topological polar surface area (TPSA) is 49.7 Å². The van der Waals surface area contributed by atoms with E-state index in [-0.39, 0.29) is 6.61 Å². The first-order valence-electron chi connectivity index (χ1n) is 4.71. The van der Waals surface area contributed by atoms with E-state index in [0.717, 1.165) is 5.56 Å². The van der Waals surface area contributed by atoms with Crippen molar-refractivity contribution in [1.82, 2.24) is 0 Å². The van der Waals surface area contributed by atoms with Gasteiger partial charge < -0.3 is 14.9 Å². The smallest absolute Gasteiger partial charge is 0.124 e. The summed E-state index contributed by atoms with van der Waals surface area (Å²) in [5.74, 6) is 0.693. The lowest BCUT2D eigenvalue weighted by atomic mass is 10.0. The van der Waals surface area contributed by atoms with Gasteiger partial charge in [0.1, 0.15) is 5.75 Å². The van der Waals surface area contributed by atoms with E-state index in [1.54, 1.807) is 7.11 Å². The Balaban J connectivity index is 2.72. The van der Waals surface area contributed by atoms with Crippen molar-refractivity contribution in [1.29, 1.82) is 0 Å². The third kappa shape index (κ3) is 2.72. The molecule has 3 nitrogen and oxygen atoms in total. The molecule has 0 radical (unpaired) electrons. The summed E-state index contributed by atoms with van der Waals surface area (Å²) < 4.78 is 5.12. The fraction of sp³-hybridized carbons (Fsp3) is 0.455. The summed E-state index contributed by atoms with van der Waals surface area (Å²) in [5.41, 5.74) is 0.781. The molecule has 2 N–H and O–H groups in total. The van der Waals surface area contributed by atoms with Crippen LogP contribution in [0.2, 0.25) is 0 Å². The van der Waals surface area contributed by atoms with Crippen molar-refractivity contribution in [2.45, 2.75) is 18.9 Å². The van der Waals surface area contributed by atoms with Crippen molar-refractivity contribution in [3.05, 3.63) is 29.8 Å². The Hall–Kier alpha value is -1.06. The van der Waals surface area contributed by atoms with Crippen LogP contribution in [0.5, 0.6) is 5.75 Å². The van der Waals surface area contributed by atoms with Gasteiger partial charge in [-0.15, -0.1) is 0 Å². The molecule has 0 saturated carbocycles.